The van der Waals surface area contributed by atoms with Crippen LogP contribution in [0.15, 0.2) is 124 Å². The minimum atomic E-state index is -0.362. The van der Waals surface area contributed by atoms with Crippen LogP contribution in [0.1, 0.15) is 54.9 Å². The first-order valence-electron chi connectivity index (χ1n) is 15.3. The second-order valence-corrected chi connectivity index (χ2v) is 11.9. The molecule has 2 heterocycles. The van der Waals surface area contributed by atoms with E-state index in [0.717, 1.165) is 44.7 Å². The van der Waals surface area contributed by atoms with Gasteiger partial charge in [0.2, 0.25) is 0 Å². The summed E-state index contributed by atoms with van der Waals surface area (Å²) >= 11 is 3.50. The highest BCUT2D eigenvalue weighted by Gasteiger charge is 2.21. The van der Waals surface area contributed by atoms with Crippen molar-refractivity contribution < 1.29 is 9.53 Å². The first-order valence-corrected chi connectivity index (χ1v) is 16.1. The number of aromatic nitrogens is 3. The molecule has 0 saturated heterocycles. The molecule has 0 aliphatic heterocycles. The molecular weight excluding hydrogens is 640 g/mol. The predicted octanol–water partition coefficient (Wildman–Crippen LogP) is 8.86. The van der Waals surface area contributed by atoms with Gasteiger partial charge in [-0.05, 0) is 73.0 Å². The van der Waals surface area contributed by atoms with Crippen LogP contribution >= 0.6 is 15.9 Å². The highest BCUT2D eigenvalue weighted by atomic mass is 79.9. The Kier molecular flexibility index (Phi) is 9.08. The van der Waals surface area contributed by atoms with Gasteiger partial charge in [-0.1, -0.05) is 90.4 Å². The van der Waals surface area contributed by atoms with Crippen LogP contribution in [0.3, 0.4) is 0 Å². The Bertz CT molecular complexity index is 2100. The quantitative estimate of drug-likeness (QED) is 0.114. The first-order chi connectivity index (χ1) is 22.4. The molecule has 0 aliphatic rings. The van der Waals surface area contributed by atoms with Gasteiger partial charge in [0.15, 0.2) is 0 Å². The van der Waals surface area contributed by atoms with Gasteiger partial charge >= 0.3 is 5.97 Å². The van der Waals surface area contributed by atoms with Gasteiger partial charge in [0, 0.05) is 21.6 Å². The van der Waals surface area contributed by atoms with E-state index in [1.54, 1.807) is 31.3 Å². The van der Waals surface area contributed by atoms with E-state index < -0.39 is 0 Å². The number of hydrogen-bond acceptors (Lipinski definition) is 5. The Morgan fingerprint density at radius 1 is 0.913 bits per heavy atom. The molecule has 0 N–H and O–H groups in total. The molecule has 0 aliphatic carbocycles. The number of ether oxygens (including phenoxy) is 1. The van der Waals surface area contributed by atoms with Crippen LogP contribution in [0.5, 0.6) is 0 Å². The molecule has 0 saturated carbocycles. The van der Waals surface area contributed by atoms with Crippen molar-refractivity contribution in [1.82, 2.24) is 14.2 Å². The summed E-state index contributed by atoms with van der Waals surface area (Å²) in [4.78, 5) is 31.2. The summed E-state index contributed by atoms with van der Waals surface area (Å²) in [5.41, 5.74) is 6.37. The van der Waals surface area contributed by atoms with Gasteiger partial charge in [-0.3, -0.25) is 4.79 Å². The molecule has 0 bridgehead atoms. The monoisotopic (exact) mass is 672 g/mol. The third-order valence-electron chi connectivity index (χ3n) is 7.98. The zero-order chi connectivity index (χ0) is 32.2. The van der Waals surface area contributed by atoms with E-state index in [1.807, 2.05) is 60.7 Å². The number of esters is 1. The highest BCUT2D eigenvalue weighted by molar-refractivity contribution is 9.10. The third-order valence-corrected chi connectivity index (χ3v) is 8.48. The molecule has 4 aromatic carbocycles. The Morgan fingerprint density at radius 2 is 1.59 bits per heavy atom. The van der Waals surface area contributed by atoms with E-state index in [1.165, 1.54) is 4.68 Å². The number of hydrogen-bond donors (Lipinski definition) is 0. The molecule has 6 rings (SSSR count). The smallest absolute Gasteiger partial charge is 0.338 e. The standard InChI is InChI=1S/C38H33BrN4O3/c1-4-25(3)36-41-33-21-18-30(39)23-32(33)37(44)43(36)40-24-29-22-34(26-12-8-6-9-13-26)42(35(29)27-14-10-7-11-15-27)31-19-16-28(17-20-31)38(45)46-5-2/h6-25H,4-5H2,1-3H3/t25-/m1/s1. The zero-order valence-electron chi connectivity index (χ0n) is 25.9. The molecule has 0 unspecified atom stereocenters. The van der Waals surface area contributed by atoms with Gasteiger partial charge in [0.25, 0.3) is 5.56 Å². The topological polar surface area (TPSA) is 78.5 Å². The van der Waals surface area contributed by atoms with Crippen molar-refractivity contribution in [2.24, 2.45) is 5.10 Å². The maximum absolute atomic E-state index is 13.9. The van der Waals surface area contributed by atoms with Gasteiger partial charge in [-0.2, -0.15) is 9.78 Å². The second kappa shape index (κ2) is 13.5. The molecule has 0 fully saturated rings. The van der Waals surface area contributed by atoms with Crippen LogP contribution in [0.2, 0.25) is 0 Å². The molecule has 0 spiro atoms. The fourth-order valence-electron chi connectivity index (χ4n) is 5.47. The fraction of sp³-hybridized carbons (Fsp3) is 0.158. The van der Waals surface area contributed by atoms with Crippen LogP contribution in [-0.4, -0.2) is 33.0 Å². The summed E-state index contributed by atoms with van der Waals surface area (Å²) in [5.74, 6) is 0.255. The lowest BCUT2D eigenvalue weighted by molar-refractivity contribution is 0.0526. The molecule has 0 radical (unpaired) electrons. The zero-order valence-corrected chi connectivity index (χ0v) is 27.4. The van der Waals surface area contributed by atoms with Crippen molar-refractivity contribution in [2.75, 3.05) is 6.61 Å². The van der Waals surface area contributed by atoms with Crippen LogP contribution in [0.25, 0.3) is 39.1 Å². The molecule has 0 amide bonds. The second-order valence-electron chi connectivity index (χ2n) is 11.0. The molecule has 8 heteroatoms. The minimum absolute atomic E-state index is 0.00822. The van der Waals surface area contributed by atoms with Crippen molar-refractivity contribution in [2.45, 2.75) is 33.1 Å². The van der Waals surface area contributed by atoms with Crippen molar-refractivity contribution in [3.63, 3.8) is 0 Å². The van der Waals surface area contributed by atoms with Crippen LogP contribution in [0.4, 0.5) is 0 Å². The van der Waals surface area contributed by atoms with E-state index in [4.69, 9.17) is 14.8 Å². The summed E-state index contributed by atoms with van der Waals surface area (Å²) in [6.45, 7) is 6.23. The molecule has 6 aromatic rings. The number of carbonyl (C=O) groups excluding carboxylic acids is 1. The van der Waals surface area contributed by atoms with Crippen LogP contribution < -0.4 is 5.56 Å². The summed E-state index contributed by atoms with van der Waals surface area (Å²) in [6, 6.07) is 35.2. The van der Waals surface area contributed by atoms with Gasteiger partial charge in [-0.15, -0.1) is 0 Å². The van der Waals surface area contributed by atoms with Crippen molar-refractivity contribution in [1.29, 1.82) is 0 Å². The summed E-state index contributed by atoms with van der Waals surface area (Å²) < 4.78 is 9.62. The first kappa shape index (κ1) is 30.9. The number of benzene rings is 4. The normalized spacial score (nSPS) is 12.1. The molecular formula is C38H33BrN4O3. The summed E-state index contributed by atoms with van der Waals surface area (Å²) in [7, 11) is 0. The van der Waals surface area contributed by atoms with Crippen LogP contribution in [-0.2, 0) is 4.74 Å². The molecule has 230 valence electrons. The predicted molar refractivity (Wildman–Crippen MR) is 188 cm³/mol. The number of fused-ring (bicyclic) bond motifs is 1. The van der Waals surface area contributed by atoms with Gasteiger partial charge in [0.05, 0.1) is 40.7 Å². The lowest BCUT2D eigenvalue weighted by atomic mass is 10.1. The molecule has 2 aromatic heterocycles. The average Bonchev–Trinajstić information content (AvgIpc) is 3.48. The Hall–Kier alpha value is -5.08. The number of rotatable bonds is 9. The average molecular weight is 674 g/mol. The van der Waals surface area contributed by atoms with Gasteiger partial charge in [-0.25, -0.2) is 9.78 Å². The highest BCUT2D eigenvalue weighted by Crippen LogP contribution is 2.35. The number of halogens is 1. The summed E-state index contributed by atoms with van der Waals surface area (Å²) in [5, 5.41) is 5.33. The van der Waals surface area contributed by atoms with Crippen molar-refractivity contribution >= 4 is 39.0 Å². The van der Waals surface area contributed by atoms with E-state index >= 15 is 0 Å². The minimum Gasteiger partial charge on any atom is -0.462 e. The van der Waals surface area contributed by atoms with E-state index in [0.29, 0.717) is 28.9 Å². The van der Waals surface area contributed by atoms with Gasteiger partial charge < -0.3 is 9.30 Å². The van der Waals surface area contributed by atoms with Gasteiger partial charge in [0.1, 0.15) is 5.82 Å². The molecule has 1 atom stereocenters. The summed E-state index contributed by atoms with van der Waals surface area (Å²) in [6.07, 6.45) is 2.55. The molecule has 46 heavy (non-hydrogen) atoms. The Balaban J connectivity index is 1.60. The Labute approximate surface area is 275 Å². The maximum Gasteiger partial charge on any atom is 0.338 e. The SMILES string of the molecule is CCOC(=O)c1ccc(-n2c(-c3ccccc3)cc(C=Nn3c([C@H](C)CC)nc4ccc(Br)cc4c3=O)c2-c2ccccc2)cc1. The van der Waals surface area contributed by atoms with Crippen LogP contribution in [0, 0.1) is 0 Å². The van der Waals surface area contributed by atoms with E-state index in [9.17, 15) is 9.59 Å². The van der Waals surface area contributed by atoms with Crippen molar-refractivity contribution in [3.05, 3.63) is 141 Å². The number of nitrogens with zero attached hydrogens (tertiary/aromatic N) is 4. The maximum atomic E-state index is 13.9. The number of carbonyl (C=O) groups is 1. The lowest BCUT2D eigenvalue weighted by Crippen LogP contribution is -2.23. The van der Waals surface area contributed by atoms with Crippen molar-refractivity contribution in [3.8, 4) is 28.2 Å². The largest absolute Gasteiger partial charge is 0.462 e. The Morgan fingerprint density at radius 3 is 2.24 bits per heavy atom. The van der Waals surface area contributed by atoms with E-state index in [2.05, 4.69) is 64.7 Å². The van der Waals surface area contributed by atoms with E-state index in [-0.39, 0.29) is 17.4 Å². The lowest BCUT2D eigenvalue weighted by Gasteiger charge is -2.16. The molecule has 7 nitrogen and oxygen atoms in total. The third kappa shape index (κ3) is 6.08. The fourth-order valence-corrected chi connectivity index (χ4v) is 5.83.